The van der Waals surface area contributed by atoms with Crippen LogP contribution in [0, 0.1) is 27.7 Å². The van der Waals surface area contributed by atoms with Crippen molar-refractivity contribution in [1.29, 1.82) is 0 Å². The average molecular weight is 1350 g/mol. The second kappa shape index (κ2) is 32.0. The number of β-amino-alcohol motifs (C(OH)–C–C–N with tert-alkyl or cyclic N) is 2. The van der Waals surface area contributed by atoms with E-state index in [1.807, 2.05) is 148 Å². The van der Waals surface area contributed by atoms with E-state index in [0.717, 1.165) is 135 Å². The lowest BCUT2D eigenvalue weighted by molar-refractivity contribution is 0.0564. The third-order valence-electron chi connectivity index (χ3n) is 16.1. The molecule has 494 valence electrons. The summed E-state index contributed by atoms with van der Waals surface area (Å²) in [6, 6.07) is 48.7. The van der Waals surface area contributed by atoms with E-state index >= 15 is 0 Å². The van der Waals surface area contributed by atoms with Gasteiger partial charge in [0.15, 0.2) is 0 Å². The smallest absolute Gasteiger partial charge is 0.335 e. The summed E-state index contributed by atoms with van der Waals surface area (Å²) in [7, 11) is -3.55. The Morgan fingerprint density at radius 3 is 1.41 bits per heavy atom. The van der Waals surface area contributed by atoms with Gasteiger partial charge in [-0.2, -0.15) is 16.8 Å². The average Bonchev–Trinajstić information content (AvgIpc) is 1.61. The topological polar surface area (TPSA) is 327 Å². The fourth-order valence-electron chi connectivity index (χ4n) is 11.8. The molecule has 0 amide bonds. The van der Waals surface area contributed by atoms with E-state index < -0.39 is 39.1 Å². The van der Waals surface area contributed by atoms with Gasteiger partial charge < -0.3 is 39.4 Å². The molecule has 2 aliphatic heterocycles. The van der Waals surface area contributed by atoms with Crippen LogP contribution in [0.2, 0.25) is 0 Å². The quantitative estimate of drug-likeness (QED) is 0.0781. The van der Waals surface area contributed by atoms with Crippen LogP contribution in [0.15, 0.2) is 197 Å². The summed E-state index contributed by atoms with van der Waals surface area (Å²) in [6.45, 7) is 12.4. The molecule has 14 rings (SSSR count). The Morgan fingerprint density at radius 2 is 0.969 bits per heavy atom. The fraction of sp³-hybridized carbons (Fsp3) is 0.246. The zero-order valence-corrected chi connectivity index (χ0v) is 55.6. The van der Waals surface area contributed by atoms with Crippen molar-refractivity contribution in [2.75, 3.05) is 37.8 Å². The molecule has 27 heteroatoms. The van der Waals surface area contributed by atoms with Crippen molar-refractivity contribution in [3.05, 3.63) is 217 Å². The van der Waals surface area contributed by atoms with Crippen LogP contribution in [0.3, 0.4) is 0 Å². The fourth-order valence-corrected chi connectivity index (χ4v) is 12.3. The van der Waals surface area contributed by atoms with Gasteiger partial charge in [0, 0.05) is 116 Å². The molecule has 2 aliphatic rings. The first-order chi connectivity index (χ1) is 46.4. The largest absolute Gasteiger partial charge is 0.392 e. The normalized spacial score (nSPS) is 16.3. The van der Waals surface area contributed by atoms with Crippen molar-refractivity contribution in [2.24, 2.45) is 5.73 Å². The molecule has 0 saturated carbocycles. The van der Waals surface area contributed by atoms with Crippen molar-refractivity contribution in [1.82, 2.24) is 59.2 Å². The van der Waals surface area contributed by atoms with E-state index in [9.17, 15) is 18.6 Å². The van der Waals surface area contributed by atoms with Crippen molar-refractivity contribution in [3.8, 4) is 56.4 Å². The zero-order valence-electron chi connectivity index (χ0n) is 53.1. The lowest BCUT2D eigenvalue weighted by atomic mass is 10.0. The predicted octanol–water partition coefficient (Wildman–Crippen LogP) is 9.20. The van der Waals surface area contributed by atoms with E-state index in [0.29, 0.717) is 30.3 Å². The Kier molecular flexibility index (Phi) is 22.9. The summed E-state index contributed by atoms with van der Waals surface area (Å²) in [5.74, 6) is 0.546. The molecular formula is C69H70N14O10S3. The summed E-state index contributed by atoms with van der Waals surface area (Å²) in [5, 5.41) is 33.4. The molecule has 0 radical (unpaired) electrons. The number of para-hydroxylation sites is 2. The number of aromatic nitrogens is 10. The maximum atomic E-state index is 12.1. The number of pyridine rings is 2. The number of benzene rings is 4. The second-order valence-electron chi connectivity index (χ2n) is 23.3. The minimum atomic E-state index is -3.55. The number of rotatable bonds is 13. The van der Waals surface area contributed by atoms with E-state index in [1.54, 1.807) is 12.5 Å². The molecule has 5 N–H and O–H groups in total. The molecule has 8 aromatic heterocycles. The highest BCUT2D eigenvalue weighted by Crippen LogP contribution is 2.37. The minimum Gasteiger partial charge on any atom is -0.392 e. The third-order valence-corrected chi connectivity index (χ3v) is 16.9. The molecule has 4 atom stereocenters. The number of nitrogens with zero attached hydrogens (tertiary/aromatic N) is 12. The van der Waals surface area contributed by atoms with Crippen molar-refractivity contribution in [2.45, 2.75) is 83.1 Å². The molecule has 10 heterocycles. The lowest BCUT2D eigenvalue weighted by Crippen LogP contribution is -2.48. The van der Waals surface area contributed by atoms with Gasteiger partial charge in [0.1, 0.15) is 23.8 Å². The molecule has 4 aromatic carbocycles. The first kappa shape index (κ1) is 68.9. The Hall–Kier alpha value is -9.97. The minimum absolute atomic E-state index is 0.0183. The molecule has 96 heavy (non-hydrogen) atoms. The Morgan fingerprint density at radius 1 is 0.542 bits per heavy atom. The molecule has 12 aromatic rings. The van der Waals surface area contributed by atoms with Crippen LogP contribution in [0.1, 0.15) is 46.5 Å². The number of aryl methyl sites for hydroxylation is 4. The highest BCUT2D eigenvalue weighted by Gasteiger charge is 2.28. The number of nitrogens with two attached hydrogens (primary N) is 1. The van der Waals surface area contributed by atoms with E-state index in [4.69, 9.17) is 46.6 Å². The molecule has 0 spiro atoms. The van der Waals surface area contributed by atoms with Crippen LogP contribution in [0.5, 0.6) is 0 Å². The Labute approximate surface area is 561 Å². The van der Waals surface area contributed by atoms with Gasteiger partial charge in [-0.1, -0.05) is 107 Å². The van der Waals surface area contributed by atoms with Crippen LogP contribution in [-0.4, -0.2) is 151 Å². The van der Waals surface area contributed by atoms with Crippen LogP contribution in [0.25, 0.3) is 78.5 Å². The molecular weight excluding hydrogens is 1280 g/mol. The van der Waals surface area contributed by atoms with Gasteiger partial charge in [0.2, 0.25) is 20.9 Å². The predicted molar refractivity (Wildman–Crippen MR) is 365 cm³/mol. The zero-order chi connectivity index (χ0) is 67.9. The van der Waals surface area contributed by atoms with Crippen LogP contribution in [0.4, 0.5) is 5.95 Å². The molecule has 2 fully saturated rings. The second-order valence-corrected chi connectivity index (χ2v) is 25.5. The SMILES string of the molecule is Cc1cnc(N[C@H]2C[C@@H](O)CN(Cc3ccccc3)C2)nc1-c1cn(-c2ccccc2)c2nc(-c3conc3C)ccc12.Cc1cnc(S(C)(=O)=O)nc1-c1cn(-c2ccccc2)c2nc(-c3conc3C)ccc12.N[C@H]1C[C@@H](O)CN(Cc2ccccc2)C1.O=S=O.O=S=O. The number of nitrogens with one attached hydrogen (secondary N) is 1. The summed E-state index contributed by atoms with van der Waals surface area (Å²) < 4.78 is 71.7. The number of aliphatic hydroxyl groups is 2. The van der Waals surface area contributed by atoms with Crippen LogP contribution < -0.4 is 11.1 Å². The van der Waals surface area contributed by atoms with Crippen molar-refractivity contribution >= 4 is 61.0 Å². The molecule has 0 bridgehead atoms. The number of hydrogen-bond donors (Lipinski definition) is 4. The summed E-state index contributed by atoms with van der Waals surface area (Å²) >= 11 is -1.50. The monoisotopic (exact) mass is 1350 g/mol. The van der Waals surface area contributed by atoms with Gasteiger partial charge in [-0.25, -0.2) is 38.3 Å². The maximum absolute atomic E-state index is 12.1. The first-order valence-corrected chi connectivity index (χ1v) is 33.7. The Bertz CT molecular complexity index is 4760. The van der Waals surface area contributed by atoms with Gasteiger partial charge in [-0.15, -0.1) is 0 Å². The number of sulfone groups is 1. The number of anilines is 1. The van der Waals surface area contributed by atoms with Gasteiger partial charge >= 0.3 is 23.1 Å². The molecule has 0 aliphatic carbocycles. The van der Waals surface area contributed by atoms with Gasteiger partial charge in [0.25, 0.3) is 0 Å². The molecule has 2 saturated heterocycles. The summed E-state index contributed by atoms with van der Waals surface area (Å²) in [4.78, 5) is 32.5. The number of likely N-dealkylation sites (tertiary alicyclic amines) is 2. The highest BCUT2D eigenvalue weighted by atomic mass is 32.2. The van der Waals surface area contributed by atoms with E-state index in [2.05, 4.69) is 93.6 Å². The van der Waals surface area contributed by atoms with Gasteiger partial charge in [-0.3, -0.25) is 9.80 Å². The van der Waals surface area contributed by atoms with Crippen LogP contribution in [-0.2, 0) is 46.1 Å². The molecule has 24 nitrogen and oxygen atoms in total. The van der Waals surface area contributed by atoms with Crippen LogP contribution >= 0.6 is 0 Å². The number of hydrogen-bond acceptors (Lipinski definition) is 22. The first-order valence-electron chi connectivity index (χ1n) is 30.5. The van der Waals surface area contributed by atoms with Gasteiger partial charge in [-0.05, 0) is 111 Å². The van der Waals surface area contributed by atoms with E-state index in [-0.39, 0.29) is 23.3 Å². The lowest BCUT2D eigenvalue weighted by Gasteiger charge is -2.36. The van der Waals surface area contributed by atoms with Crippen molar-refractivity contribution in [3.63, 3.8) is 0 Å². The summed E-state index contributed by atoms with van der Waals surface area (Å²) in [6.07, 6.45) is 12.4. The summed E-state index contributed by atoms with van der Waals surface area (Å²) in [5.41, 5.74) is 21.4. The maximum Gasteiger partial charge on any atom is 0.335 e. The number of aliphatic hydroxyl groups excluding tert-OH is 2. The highest BCUT2D eigenvalue weighted by molar-refractivity contribution is 7.90. The van der Waals surface area contributed by atoms with Crippen molar-refractivity contribution < 1.29 is 44.5 Å². The third kappa shape index (κ3) is 17.1. The number of fused-ring (bicyclic) bond motifs is 2. The number of piperidine rings is 2. The molecule has 0 unspecified atom stereocenters. The Balaban J connectivity index is 0.000000165. The standard InChI is InChI=1S/C34H33N7O2.C23H19N5O3S.C12H18N2O.2O2S/c1-22-16-35-34(36-25-15-27(42)19-40(18-25)17-24-9-5-3-6-10-24)38-32(22)29-20-41(26-11-7-4-8-12-26)33-28(29)13-14-31(37-33)30-21-43-39-23(30)2;1-14-11-24-23(32(3,29)30)26-21(14)18-12-28(16-7-5-4-6-8-16)22-17(18)9-10-20(25-22)19-13-31-27-15(19)2;13-11-6-12(15)9-14(8-11)7-10-4-2-1-3-5-10;2*1-3-2/h3-14,16,20-21,25,27,42H,15,17-19H2,1-2H3,(H,35,36,38);4-13H,1-3H3;1-5,11-12,15H,6-9,13H2;;/t25-,27+;;11-,12+;;/m0.0../s1. The van der Waals surface area contributed by atoms with E-state index in [1.165, 1.54) is 17.3 Å². The van der Waals surface area contributed by atoms with Gasteiger partial charge in [0.05, 0.1) is 57.5 Å².